The first-order valence-corrected chi connectivity index (χ1v) is 12.4. The highest BCUT2D eigenvalue weighted by atomic mass is 16.5. The summed E-state index contributed by atoms with van der Waals surface area (Å²) in [7, 11) is 1.76. The molecule has 1 fully saturated rings. The molecule has 188 valence electrons. The van der Waals surface area contributed by atoms with E-state index in [1.54, 1.807) is 41.5 Å². The average Bonchev–Trinajstić information content (AvgIpc) is 3.39. The Morgan fingerprint density at radius 3 is 2.69 bits per heavy atom. The predicted molar refractivity (Wildman–Crippen MR) is 132 cm³/mol. The number of likely N-dealkylation sites (N-methyl/N-ethyl adjacent to an activating group) is 1. The second-order valence-electron chi connectivity index (χ2n) is 9.75. The van der Waals surface area contributed by atoms with Gasteiger partial charge >= 0.3 is 6.03 Å². The van der Waals surface area contributed by atoms with Crippen LogP contribution in [0.15, 0.2) is 36.8 Å². The number of aliphatic hydroxyl groups is 1. The first-order valence-electron chi connectivity index (χ1n) is 12.4. The summed E-state index contributed by atoms with van der Waals surface area (Å²) < 4.78 is 6.31. The molecule has 2 aromatic rings. The number of aliphatic hydroxyl groups excluding tert-OH is 1. The number of pyridine rings is 2. The van der Waals surface area contributed by atoms with Crippen LogP contribution in [0.2, 0.25) is 0 Å². The summed E-state index contributed by atoms with van der Waals surface area (Å²) in [6.45, 7) is 4.41. The molecule has 1 aliphatic carbocycles. The lowest BCUT2D eigenvalue weighted by atomic mass is 9.99. The number of nitrogens with zero attached hydrogens (tertiary/aromatic N) is 4. The van der Waals surface area contributed by atoms with E-state index < -0.39 is 0 Å². The molecular formula is C26H35N5O4. The summed E-state index contributed by atoms with van der Waals surface area (Å²) in [6.07, 6.45) is 9.01. The van der Waals surface area contributed by atoms with E-state index >= 15 is 0 Å². The molecule has 4 rings (SSSR count). The zero-order valence-electron chi connectivity index (χ0n) is 20.7. The van der Waals surface area contributed by atoms with Crippen molar-refractivity contribution in [2.24, 2.45) is 5.92 Å². The van der Waals surface area contributed by atoms with Gasteiger partial charge in [-0.1, -0.05) is 19.8 Å². The van der Waals surface area contributed by atoms with Gasteiger partial charge in [-0.15, -0.1) is 0 Å². The van der Waals surface area contributed by atoms with Gasteiger partial charge in [-0.05, 0) is 43.5 Å². The highest BCUT2D eigenvalue weighted by Gasteiger charge is 2.35. The van der Waals surface area contributed by atoms with Crippen molar-refractivity contribution in [3.05, 3.63) is 42.4 Å². The molecule has 35 heavy (non-hydrogen) atoms. The molecule has 0 aromatic carbocycles. The quantitative estimate of drug-likeness (QED) is 0.657. The molecule has 9 heteroatoms. The van der Waals surface area contributed by atoms with Gasteiger partial charge in [0.25, 0.3) is 5.91 Å². The van der Waals surface area contributed by atoms with Gasteiger partial charge < -0.3 is 25.0 Å². The van der Waals surface area contributed by atoms with Gasteiger partial charge in [-0.2, -0.15) is 0 Å². The van der Waals surface area contributed by atoms with Crippen molar-refractivity contribution in [1.82, 2.24) is 25.1 Å². The average molecular weight is 482 g/mol. The molecule has 1 saturated carbocycles. The first-order chi connectivity index (χ1) is 16.9. The topological polar surface area (TPSA) is 108 Å². The van der Waals surface area contributed by atoms with Crippen LogP contribution in [-0.4, -0.2) is 81.7 Å². The largest absolute Gasteiger partial charge is 0.472 e. The highest BCUT2D eigenvalue weighted by molar-refractivity contribution is 5.98. The normalized spacial score (nSPS) is 21.5. The van der Waals surface area contributed by atoms with Gasteiger partial charge in [-0.25, -0.2) is 9.78 Å². The predicted octanol–water partition coefficient (Wildman–Crippen LogP) is 2.95. The number of carbonyl (C=O) groups is 2. The zero-order valence-corrected chi connectivity index (χ0v) is 20.7. The van der Waals surface area contributed by atoms with Crippen molar-refractivity contribution in [1.29, 1.82) is 0 Å². The summed E-state index contributed by atoms with van der Waals surface area (Å²) >= 11 is 0. The van der Waals surface area contributed by atoms with Crippen LogP contribution < -0.4 is 10.1 Å². The molecule has 3 atom stereocenters. The summed E-state index contributed by atoms with van der Waals surface area (Å²) in [4.78, 5) is 38.2. The van der Waals surface area contributed by atoms with Gasteiger partial charge in [-0.3, -0.25) is 9.78 Å². The van der Waals surface area contributed by atoms with Crippen LogP contribution in [-0.2, 0) is 0 Å². The lowest BCUT2D eigenvalue weighted by Gasteiger charge is -2.37. The number of amides is 3. The van der Waals surface area contributed by atoms with Crippen molar-refractivity contribution >= 4 is 11.9 Å². The SMILES string of the molecule is C[C@@H]1CN([C@@H](C)CO)C(=O)c2cc(-c3ccncc3)cnc2O[C@@H]1CN(C)C(=O)NC1CCCC1. The maximum Gasteiger partial charge on any atom is 0.317 e. The van der Waals surface area contributed by atoms with Crippen LogP contribution in [0.3, 0.4) is 0 Å². The Morgan fingerprint density at radius 1 is 1.29 bits per heavy atom. The Labute approximate surface area is 206 Å². The minimum absolute atomic E-state index is 0.0931. The van der Waals surface area contributed by atoms with Gasteiger partial charge in [0.1, 0.15) is 11.7 Å². The van der Waals surface area contributed by atoms with E-state index in [4.69, 9.17) is 4.74 Å². The molecule has 1 aliphatic heterocycles. The molecule has 0 saturated heterocycles. The summed E-state index contributed by atoms with van der Waals surface area (Å²) in [5.74, 6) is -0.0869. The molecule has 0 radical (unpaired) electrons. The number of hydrogen-bond acceptors (Lipinski definition) is 6. The van der Waals surface area contributed by atoms with E-state index in [0.29, 0.717) is 18.7 Å². The van der Waals surface area contributed by atoms with E-state index in [-0.39, 0.29) is 48.5 Å². The first kappa shape index (κ1) is 24.9. The van der Waals surface area contributed by atoms with Crippen LogP contribution in [0.5, 0.6) is 5.88 Å². The molecule has 2 aliphatic rings. The number of ether oxygens (including phenoxy) is 1. The molecular weight excluding hydrogens is 446 g/mol. The molecule has 3 amide bonds. The third kappa shape index (κ3) is 5.73. The fourth-order valence-corrected chi connectivity index (χ4v) is 4.73. The van der Waals surface area contributed by atoms with E-state index in [1.807, 2.05) is 26.0 Å². The number of aromatic nitrogens is 2. The number of rotatable bonds is 6. The van der Waals surface area contributed by atoms with Crippen LogP contribution >= 0.6 is 0 Å². The van der Waals surface area contributed by atoms with E-state index in [0.717, 1.165) is 36.8 Å². The molecule has 3 heterocycles. The van der Waals surface area contributed by atoms with Crippen molar-refractivity contribution in [3.63, 3.8) is 0 Å². The van der Waals surface area contributed by atoms with Crippen LogP contribution in [0.25, 0.3) is 11.1 Å². The molecule has 0 unspecified atom stereocenters. The lowest BCUT2D eigenvalue weighted by molar-refractivity contribution is 0.0351. The van der Waals surface area contributed by atoms with Crippen LogP contribution in [0, 0.1) is 5.92 Å². The Balaban J connectivity index is 1.61. The molecule has 0 bridgehead atoms. The summed E-state index contributed by atoms with van der Waals surface area (Å²) in [6, 6.07) is 5.23. The maximum absolute atomic E-state index is 13.6. The Bertz CT molecular complexity index is 1030. The van der Waals surface area contributed by atoms with Crippen LogP contribution in [0.1, 0.15) is 49.9 Å². The maximum atomic E-state index is 13.6. The van der Waals surface area contributed by atoms with Crippen molar-refractivity contribution in [3.8, 4) is 17.0 Å². The summed E-state index contributed by atoms with van der Waals surface area (Å²) in [5, 5.41) is 13.0. The highest BCUT2D eigenvalue weighted by Crippen LogP contribution is 2.30. The number of fused-ring (bicyclic) bond motifs is 1. The van der Waals surface area contributed by atoms with Gasteiger partial charge in [0, 0.05) is 49.7 Å². The Hall–Kier alpha value is -3.20. The summed E-state index contributed by atoms with van der Waals surface area (Å²) in [5.41, 5.74) is 2.01. The number of urea groups is 1. The monoisotopic (exact) mass is 481 g/mol. The zero-order chi connectivity index (χ0) is 24.9. The molecule has 2 N–H and O–H groups in total. The fraction of sp³-hybridized carbons (Fsp3) is 0.538. The van der Waals surface area contributed by atoms with E-state index in [1.165, 1.54) is 0 Å². The van der Waals surface area contributed by atoms with Gasteiger partial charge in [0.2, 0.25) is 5.88 Å². The van der Waals surface area contributed by atoms with Crippen molar-refractivity contribution < 1.29 is 19.4 Å². The van der Waals surface area contributed by atoms with E-state index in [9.17, 15) is 14.7 Å². The lowest BCUT2D eigenvalue weighted by Crippen LogP contribution is -2.52. The van der Waals surface area contributed by atoms with Gasteiger partial charge in [0.05, 0.1) is 19.2 Å². The minimum atomic E-state index is -0.381. The van der Waals surface area contributed by atoms with Crippen molar-refractivity contribution in [2.45, 2.75) is 57.7 Å². The van der Waals surface area contributed by atoms with E-state index in [2.05, 4.69) is 15.3 Å². The Morgan fingerprint density at radius 2 is 2.00 bits per heavy atom. The van der Waals surface area contributed by atoms with Gasteiger partial charge in [0.15, 0.2) is 0 Å². The van der Waals surface area contributed by atoms with Crippen LogP contribution in [0.4, 0.5) is 4.79 Å². The van der Waals surface area contributed by atoms with Crippen molar-refractivity contribution in [2.75, 3.05) is 26.7 Å². The minimum Gasteiger partial charge on any atom is -0.472 e. The second kappa shape index (κ2) is 11.0. The fourth-order valence-electron chi connectivity index (χ4n) is 4.73. The molecule has 9 nitrogen and oxygen atoms in total. The molecule has 2 aromatic heterocycles. The Kier molecular flexibility index (Phi) is 7.85. The smallest absolute Gasteiger partial charge is 0.317 e. The third-order valence-corrected chi connectivity index (χ3v) is 7.02. The standard InChI is InChI=1S/C26H35N5O4/c1-17-14-31(18(2)16-32)25(33)22-12-20(19-8-10-27-11-9-19)13-28-24(22)35-23(17)15-30(3)26(34)29-21-6-4-5-7-21/h8-13,17-18,21,23,32H,4-7,14-16H2,1-3H3,(H,29,34)/t17-,18+,23-/m1/s1. The number of nitrogens with one attached hydrogen (secondary N) is 1. The number of carbonyl (C=O) groups excluding carboxylic acids is 2. The molecule has 0 spiro atoms. The second-order valence-corrected chi connectivity index (χ2v) is 9.75. The third-order valence-electron chi connectivity index (χ3n) is 7.02. The number of hydrogen-bond donors (Lipinski definition) is 2.